The van der Waals surface area contributed by atoms with E-state index < -0.39 is 0 Å². The third-order valence-corrected chi connectivity index (χ3v) is 2.74. The lowest BCUT2D eigenvalue weighted by Gasteiger charge is -2.20. The molecule has 1 saturated heterocycles. The van der Waals surface area contributed by atoms with Gasteiger partial charge in [-0.3, -0.25) is 0 Å². The van der Waals surface area contributed by atoms with Crippen molar-refractivity contribution < 1.29 is 0 Å². The van der Waals surface area contributed by atoms with Gasteiger partial charge in [-0.05, 0) is 40.0 Å². The molecule has 0 aromatic rings. The van der Waals surface area contributed by atoms with Crippen molar-refractivity contribution in [1.82, 2.24) is 15.1 Å². The van der Waals surface area contributed by atoms with Crippen molar-refractivity contribution in [3.63, 3.8) is 0 Å². The lowest BCUT2D eigenvalue weighted by molar-refractivity contribution is 0.258. The lowest BCUT2D eigenvalue weighted by Crippen LogP contribution is -2.34. The minimum Gasteiger partial charge on any atom is -0.318 e. The third kappa shape index (κ3) is 5.96. The Balaban J connectivity index is 0.00000169. The summed E-state index contributed by atoms with van der Waals surface area (Å²) in [4.78, 5) is 4.96. The Bertz CT molecular complexity index is 127. The first-order valence-electron chi connectivity index (χ1n) is 5.38. The Labute approximate surface area is 98.6 Å². The number of hydrogen-bond acceptors (Lipinski definition) is 3. The van der Waals surface area contributed by atoms with Crippen molar-refractivity contribution in [3.05, 3.63) is 0 Å². The maximum atomic E-state index is 3.17. The molecule has 0 amide bonds. The molecule has 3 nitrogen and oxygen atoms in total. The predicted molar refractivity (Wildman–Crippen MR) is 67.4 cm³/mol. The van der Waals surface area contributed by atoms with Gasteiger partial charge in [0.25, 0.3) is 0 Å². The molecule has 1 fully saturated rings. The van der Waals surface area contributed by atoms with Crippen LogP contribution in [0.1, 0.15) is 12.8 Å². The number of hydrogen-bond donors (Lipinski definition) is 1. The van der Waals surface area contributed by atoms with Gasteiger partial charge in [0.05, 0.1) is 0 Å². The van der Waals surface area contributed by atoms with Crippen molar-refractivity contribution in [2.75, 3.05) is 53.4 Å². The zero-order valence-corrected chi connectivity index (χ0v) is 11.2. The molecule has 0 unspecified atom stereocenters. The van der Waals surface area contributed by atoms with E-state index in [0.717, 1.165) is 13.1 Å². The molecule has 1 N–H and O–H groups in total. The zero-order valence-electron chi connectivity index (χ0n) is 9.46. The Kier molecular flexibility index (Phi) is 8.87. The quantitative estimate of drug-likeness (QED) is 0.767. The number of nitrogens with zero attached hydrogens (tertiary/aromatic N) is 2. The van der Waals surface area contributed by atoms with Crippen molar-refractivity contribution in [2.45, 2.75) is 12.8 Å². The number of likely N-dealkylation sites (N-methyl/N-ethyl adjacent to an activating group) is 2. The molecule has 14 heavy (non-hydrogen) atoms. The summed E-state index contributed by atoms with van der Waals surface area (Å²) in [6.07, 6.45) is 2.81. The maximum absolute atomic E-state index is 3.17. The largest absolute Gasteiger partial charge is 0.318 e. The van der Waals surface area contributed by atoms with E-state index in [0.29, 0.717) is 0 Å². The van der Waals surface area contributed by atoms with Gasteiger partial charge in [0.15, 0.2) is 0 Å². The van der Waals surface area contributed by atoms with Gasteiger partial charge in [0.1, 0.15) is 0 Å². The molecule has 0 spiro atoms. The van der Waals surface area contributed by atoms with E-state index in [2.05, 4.69) is 22.2 Å². The SMILES string of the molecule is Br.CNCCN(C)CCN1CCCC1. The molecule has 0 aromatic carbocycles. The van der Waals surface area contributed by atoms with Gasteiger partial charge in [-0.25, -0.2) is 0 Å². The molecule has 1 aliphatic rings. The Morgan fingerprint density at radius 2 is 1.86 bits per heavy atom. The smallest absolute Gasteiger partial charge is 0.0109 e. The van der Waals surface area contributed by atoms with Crippen molar-refractivity contribution in [1.29, 1.82) is 0 Å². The number of halogens is 1. The van der Waals surface area contributed by atoms with Crippen LogP contribution in [0.5, 0.6) is 0 Å². The first-order chi connectivity index (χ1) is 6.33. The van der Waals surface area contributed by atoms with Crippen LogP contribution >= 0.6 is 17.0 Å². The molecular weight excluding hydrogens is 242 g/mol. The van der Waals surface area contributed by atoms with E-state index in [9.17, 15) is 0 Å². The van der Waals surface area contributed by atoms with Crippen molar-refractivity contribution in [2.24, 2.45) is 0 Å². The van der Waals surface area contributed by atoms with E-state index in [-0.39, 0.29) is 17.0 Å². The summed E-state index contributed by atoms with van der Waals surface area (Å²) in [5.74, 6) is 0. The molecular formula is C10H24BrN3. The summed E-state index contributed by atoms with van der Waals surface area (Å²) < 4.78 is 0. The fraction of sp³-hybridized carbons (Fsp3) is 1.00. The van der Waals surface area contributed by atoms with E-state index in [1.54, 1.807) is 0 Å². The second-order valence-electron chi connectivity index (χ2n) is 3.96. The van der Waals surface area contributed by atoms with Gasteiger partial charge >= 0.3 is 0 Å². The fourth-order valence-corrected chi connectivity index (χ4v) is 1.73. The molecule has 1 rings (SSSR count). The van der Waals surface area contributed by atoms with Crippen LogP contribution in [0.4, 0.5) is 0 Å². The minimum atomic E-state index is 0. The van der Waals surface area contributed by atoms with Gasteiger partial charge in [-0.2, -0.15) is 0 Å². The van der Waals surface area contributed by atoms with Gasteiger partial charge < -0.3 is 15.1 Å². The fourth-order valence-electron chi connectivity index (χ4n) is 1.73. The van der Waals surface area contributed by atoms with Crippen LogP contribution in [0.15, 0.2) is 0 Å². The summed E-state index contributed by atoms with van der Waals surface area (Å²) >= 11 is 0. The summed E-state index contributed by atoms with van der Waals surface area (Å²) in [5, 5.41) is 3.17. The molecule has 0 atom stereocenters. The predicted octanol–water partition coefficient (Wildman–Crippen LogP) is 0.811. The average Bonchev–Trinajstić information content (AvgIpc) is 2.64. The van der Waals surface area contributed by atoms with Gasteiger partial charge in [-0.15, -0.1) is 17.0 Å². The Hall–Kier alpha value is 0.360. The highest BCUT2D eigenvalue weighted by Gasteiger charge is 2.11. The highest BCUT2D eigenvalue weighted by atomic mass is 79.9. The van der Waals surface area contributed by atoms with E-state index >= 15 is 0 Å². The van der Waals surface area contributed by atoms with Crippen LogP contribution in [0.2, 0.25) is 0 Å². The molecule has 0 aliphatic carbocycles. The molecule has 0 aromatic heterocycles. The molecule has 1 heterocycles. The van der Waals surface area contributed by atoms with Crippen LogP contribution in [-0.2, 0) is 0 Å². The maximum Gasteiger partial charge on any atom is 0.0109 e. The molecule has 0 saturated carbocycles. The van der Waals surface area contributed by atoms with Crippen molar-refractivity contribution >= 4 is 17.0 Å². The normalized spacial score (nSPS) is 17.4. The minimum absolute atomic E-state index is 0. The molecule has 0 radical (unpaired) electrons. The highest BCUT2D eigenvalue weighted by molar-refractivity contribution is 8.93. The number of likely N-dealkylation sites (tertiary alicyclic amines) is 1. The standard InChI is InChI=1S/C10H23N3.BrH/c1-11-5-8-12(2)9-10-13-6-3-4-7-13;/h11H,3-10H2,1-2H3;1H. The zero-order chi connectivity index (χ0) is 9.52. The molecule has 86 valence electrons. The number of nitrogens with one attached hydrogen (secondary N) is 1. The van der Waals surface area contributed by atoms with E-state index in [1.165, 1.54) is 39.0 Å². The summed E-state index contributed by atoms with van der Waals surface area (Å²) in [6.45, 7) is 7.35. The summed E-state index contributed by atoms with van der Waals surface area (Å²) in [5.41, 5.74) is 0. The van der Waals surface area contributed by atoms with Gasteiger partial charge in [0.2, 0.25) is 0 Å². The van der Waals surface area contributed by atoms with E-state index in [4.69, 9.17) is 0 Å². The van der Waals surface area contributed by atoms with Gasteiger partial charge in [0, 0.05) is 26.2 Å². The number of rotatable bonds is 6. The monoisotopic (exact) mass is 265 g/mol. The van der Waals surface area contributed by atoms with E-state index in [1.807, 2.05) is 7.05 Å². The second-order valence-corrected chi connectivity index (χ2v) is 3.96. The first-order valence-corrected chi connectivity index (χ1v) is 5.38. The second kappa shape index (κ2) is 8.65. The molecule has 1 aliphatic heterocycles. The first kappa shape index (κ1) is 14.4. The topological polar surface area (TPSA) is 18.5 Å². The van der Waals surface area contributed by atoms with Crippen LogP contribution in [0, 0.1) is 0 Å². The Morgan fingerprint density at radius 3 is 2.43 bits per heavy atom. The van der Waals surface area contributed by atoms with Gasteiger partial charge in [-0.1, -0.05) is 0 Å². The van der Waals surface area contributed by atoms with Crippen LogP contribution < -0.4 is 5.32 Å². The van der Waals surface area contributed by atoms with Crippen LogP contribution in [0.25, 0.3) is 0 Å². The third-order valence-electron chi connectivity index (χ3n) is 2.74. The van der Waals surface area contributed by atoms with Crippen LogP contribution in [-0.4, -0.2) is 63.2 Å². The lowest BCUT2D eigenvalue weighted by atomic mass is 10.4. The summed E-state index contributed by atoms with van der Waals surface area (Å²) in [7, 11) is 4.21. The average molecular weight is 266 g/mol. The molecule has 4 heteroatoms. The molecule has 0 bridgehead atoms. The highest BCUT2D eigenvalue weighted by Crippen LogP contribution is 2.06. The summed E-state index contributed by atoms with van der Waals surface area (Å²) in [6, 6.07) is 0. The van der Waals surface area contributed by atoms with Crippen LogP contribution in [0.3, 0.4) is 0 Å². The van der Waals surface area contributed by atoms with Crippen molar-refractivity contribution in [3.8, 4) is 0 Å². The Morgan fingerprint density at radius 1 is 1.21 bits per heavy atom.